The number of rotatable bonds is 4. The molecule has 0 radical (unpaired) electrons. The number of para-hydroxylation sites is 1. The van der Waals surface area contributed by atoms with E-state index in [2.05, 4.69) is 32.1 Å². The monoisotopic (exact) mass is 408 g/mol. The van der Waals surface area contributed by atoms with Crippen molar-refractivity contribution in [1.82, 2.24) is 9.88 Å². The summed E-state index contributed by atoms with van der Waals surface area (Å²) in [5, 5.41) is 13.9. The number of halogens is 1. The third-order valence-electron chi connectivity index (χ3n) is 4.82. The van der Waals surface area contributed by atoms with Crippen molar-refractivity contribution >= 4 is 23.1 Å². The van der Waals surface area contributed by atoms with Gasteiger partial charge in [0.15, 0.2) is 5.84 Å². The maximum atomic E-state index is 9.68. The molecule has 3 aromatic rings. The van der Waals surface area contributed by atoms with E-state index in [1.165, 1.54) is 5.69 Å². The van der Waals surface area contributed by atoms with Crippen LogP contribution in [0.2, 0.25) is 5.02 Å². The summed E-state index contributed by atoms with van der Waals surface area (Å²) >= 11 is 5.91. The second-order valence-corrected chi connectivity index (χ2v) is 7.11. The van der Waals surface area contributed by atoms with Crippen molar-refractivity contribution < 1.29 is 9.94 Å². The molecule has 0 aliphatic carbocycles. The van der Waals surface area contributed by atoms with Crippen LogP contribution in [0.3, 0.4) is 0 Å². The lowest BCUT2D eigenvalue weighted by Gasteiger charge is -2.37. The Morgan fingerprint density at radius 2 is 1.69 bits per heavy atom. The van der Waals surface area contributed by atoms with Crippen molar-refractivity contribution in [2.75, 3.05) is 31.1 Å². The van der Waals surface area contributed by atoms with Crippen LogP contribution in [0.25, 0.3) is 0 Å². The van der Waals surface area contributed by atoms with Gasteiger partial charge in [0.05, 0.1) is 0 Å². The SMILES string of the molecule is O/N=C(/c1ccnc(Oc2ccc(Cl)cc2)c1)N1CCN(c2ccccc2)CC1. The average molecular weight is 409 g/mol. The summed E-state index contributed by atoms with van der Waals surface area (Å²) in [6.07, 6.45) is 1.64. The molecule has 29 heavy (non-hydrogen) atoms. The van der Waals surface area contributed by atoms with Gasteiger partial charge in [-0.15, -0.1) is 0 Å². The van der Waals surface area contributed by atoms with Crippen LogP contribution < -0.4 is 9.64 Å². The molecule has 6 nitrogen and oxygen atoms in total. The van der Waals surface area contributed by atoms with Gasteiger partial charge < -0.3 is 19.7 Å². The second kappa shape index (κ2) is 8.84. The quantitative estimate of drug-likeness (QED) is 0.298. The minimum absolute atomic E-state index is 0.425. The molecule has 0 atom stereocenters. The fourth-order valence-corrected chi connectivity index (χ4v) is 3.47. The van der Waals surface area contributed by atoms with E-state index in [-0.39, 0.29) is 0 Å². The number of anilines is 1. The maximum absolute atomic E-state index is 9.68. The molecule has 1 aliphatic heterocycles. The van der Waals surface area contributed by atoms with Gasteiger partial charge in [-0.25, -0.2) is 4.98 Å². The first-order valence-electron chi connectivity index (χ1n) is 9.40. The van der Waals surface area contributed by atoms with Crippen LogP contribution in [0, 0.1) is 0 Å². The molecule has 1 N–H and O–H groups in total. The minimum Gasteiger partial charge on any atom is -0.439 e. The van der Waals surface area contributed by atoms with Gasteiger partial charge in [-0.2, -0.15) is 0 Å². The van der Waals surface area contributed by atoms with E-state index in [1.807, 2.05) is 24.3 Å². The highest BCUT2D eigenvalue weighted by Crippen LogP contribution is 2.23. The molecule has 0 unspecified atom stereocenters. The molecule has 0 amide bonds. The largest absolute Gasteiger partial charge is 0.439 e. The van der Waals surface area contributed by atoms with Gasteiger partial charge in [-0.05, 0) is 42.5 Å². The molecule has 1 fully saturated rings. The van der Waals surface area contributed by atoms with Crippen LogP contribution in [0.15, 0.2) is 78.1 Å². The molecule has 0 bridgehead atoms. The first-order valence-corrected chi connectivity index (χ1v) is 9.77. The maximum Gasteiger partial charge on any atom is 0.219 e. The molecule has 7 heteroatoms. The Bertz CT molecular complexity index is 972. The number of oxime groups is 1. The number of amidine groups is 1. The van der Waals surface area contributed by atoms with E-state index in [4.69, 9.17) is 16.3 Å². The van der Waals surface area contributed by atoms with Gasteiger partial charge in [-0.3, -0.25) is 0 Å². The molecule has 1 aromatic heterocycles. The fourth-order valence-electron chi connectivity index (χ4n) is 3.35. The summed E-state index contributed by atoms with van der Waals surface area (Å²) in [4.78, 5) is 8.65. The highest BCUT2D eigenvalue weighted by molar-refractivity contribution is 6.30. The van der Waals surface area contributed by atoms with Gasteiger partial charge in [0, 0.05) is 54.7 Å². The fraction of sp³-hybridized carbons (Fsp3) is 0.182. The van der Waals surface area contributed by atoms with E-state index in [0.717, 1.165) is 31.7 Å². The Hall–Kier alpha value is -3.25. The molecule has 2 aromatic carbocycles. The third kappa shape index (κ3) is 4.60. The normalized spacial score (nSPS) is 14.7. The Labute approximate surface area is 174 Å². The number of ether oxygens (including phenoxy) is 1. The number of pyridine rings is 1. The molecule has 0 spiro atoms. The lowest BCUT2D eigenvalue weighted by atomic mass is 10.2. The minimum atomic E-state index is 0.425. The van der Waals surface area contributed by atoms with Crippen molar-refractivity contribution in [1.29, 1.82) is 0 Å². The van der Waals surface area contributed by atoms with Gasteiger partial charge >= 0.3 is 0 Å². The number of nitrogens with zero attached hydrogens (tertiary/aromatic N) is 4. The Morgan fingerprint density at radius 3 is 2.38 bits per heavy atom. The van der Waals surface area contributed by atoms with Crippen molar-refractivity contribution in [2.24, 2.45) is 5.16 Å². The van der Waals surface area contributed by atoms with Crippen LogP contribution in [0.4, 0.5) is 5.69 Å². The van der Waals surface area contributed by atoms with Gasteiger partial charge in [0.1, 0.15) is 5.75 Å². The van der Waals surface area contributed by atoms with Gasteiger partial charge in [0.2, 0.25) is 5.88 Å². The summed E-state index contributed by atoms with van der Waals surface area (Å²) in [6, 6.07) is 21.0. The van der Waals surface area contributed by atoms with Crippen molar-refractivity contribution in [3.8, 4) is 11.6 Å². The van der Waals surface area contributed by atoms with E-state index in [0.29, 0.717) is 22.5 Å². The van der Waals surface area contributed by atoms with Crippen LogP contribution in [-0.4, -0.2) is 47.1 Å². The van der Waals surface area contributed by atoms with Crippen LogP contribution in [0.1, 0.15) is 5.56 Å². The first kappa shape index (κ1) is 19.1. The molecule has 1 saturated heterocycles. The van der Waals surface area contributed by atoms with Crippen molar-refractivity contribution in [3.05, 3.63) is 83.5 Å². The van der Waals surface area contributed by atoms with E-state index in [9.17, 15) is 5.21 Å². The average Bonchev–Trinajstić information content (AvgIpc) is 2.77. The lowest BCUT2D eigenvalue weighted by Crippen LogP contribution is -2.49. The Balaban J connectivity index is 1.45. The second-order valence-electron chi connectivity index (χ2n) is 6.67. The predicted molar refractivity (Wildman–Crippen MR) is 114 cm³/mol. The molecule has 148 valence electrons. The van der Waals surface area contributed by atoms with E-state index < -0.39 is 0 Å². The molecule has 2 heterocycles. The first-order chi connectivity index (χ1) is 14.2. The lowest BCUT2D eigenvalue weighted by molar-refractivity contribution is 0.296. The molecular weight excluding hydrogens is 388 g/mol. The third-order valence-corrected chi connectivity index (χ3v) is 5.08. The van der Waals surface area contributed by atoms with E-state index >= 15 is 0 Å². The Kier molecular flexibility index (Phi) is 5.81. The topological polar surface area (TPSA) is 61.2 Å². The summed E-state index contributed by atoms with van der Waals surface area (Å²) < 4.78 is 5.80. The highest BCUT2D eigenvalue weighted by atomic mass is 35.5. The number of piperazine rings is 1. The van der Waals surface area contributed by atoms with Crippen molar-refractivity contribution in [3.63, 3.8) is 0 Å². The highest BCUT2D eigenvalue weighted by Gasteiger charge is 2.22. The summed E-state index contributed by atoms with van der Waals surface area (Å²) in [7, 11) is 0. The zero-order valence-corrected chi connectivity index (χ0v) is 16.5. The van der Waals surface area contributed by atoms with Gasteiger partial charge in [0.25, 0.3) is 0 Å². The predicted octanol–water partition coefficient (Wildman–Crippen LogP) is 4.49. The Morgan fingerprint density at radius 1 is 0.966 bits per heavy atom. The summed E-state index contributed by atoms with van der Waals surface area (Å²) in [6.45, 7) is 3.21. The number of aromatic nitrogens is 1. The van der Waals surface area contributed by atoms with Crippen molar-refractivity contribution in [2.45, 2.75) is 0 Å². The van der Waals surface area contributed by atoms with E-state index in [1.54, 1.807) is 36.5 Å². The smallest absolute Gasteiger partial charge is 0.219 e. The zero-order valence-electron chi connectivity index (χ0n) is 15.8. The van der Waals surface area contributed by atoms with Gasteiger partial charge in [-0.1, -0.05) is 35.0 Å². The number of hydrogen-bond donors (Lipinski definition) is 1. The van der Waals surface area contributed by atoms with Crippen LogP contribution in [-0.2, 0) is 0 Å². The molecule has 1 aliphatic rings. The summed E-state index contributed by atoms with van der Waals surface area (Å²) in [5.41, 5.74) is 1.96. The standard InChI is InChI=1S/C22H21ClN4O2/c23-18-6-8-20(9-7-18)29-21-16-17(10-11-24-21)22(25-28)27-14-12-26(13-15-27)19-4-2-1-3-5-19/h1-11,16,28H,12-15H2/b25-22-. The van der Waals surface area contributed by atoms with Crippen LogP contribution >= 0.6 is 11.6 Å². The summed E-state index contributed by atoms with van der Waals surface area (Å²) in [5.74, 6) is 1.58. The van der Waals surface area contributed by atoms with Crippen LogP contribution in [0.5, 0.6) is 11.6 Å². The zero-order chi connectivity index (χ0) is 20.1. The molecule has 0 saturated carbocycles. The molecular formula is C22H21ClN4O2. The number of hydrogen-bond acceptors (Lipinski definition) is 5. The number of benzene rings is 2. The molecule has 4 rings (SSSR count).